The minimum Gasteiger partial charge on any atom is -0.476 e. The third-order valence-corrected chi connectivity index (χ3v) is 4.10. The van der Waals surface area contributed by atoms with Gasteiger partial charge in [0, 0.05) is 4.88 Å². The molecule has 0 spiro atoms. The number of halogens is 1. The third-order valence-electron chi connectivity index (χ3n) is 2.50. The van der Waals surface area contributed by atoms with E-state index in [2.05, 4.69) is 10.3 Å². The molecule has 6 heteroatoms. The molecule has 0 aliphatic heterocycles. The van der Waals surface area contributed by atoms with Crippen molar-refractivity contribution >= 4 is 39.7 Å². The fourth-order valence-electron chi connectivity index (χ4n) is 1.61. The summed E-state index contributed by atoms with van der Waals surface area (Å²) in [6.45, 7) is 3.89. The first kappa shape index (κ1) is 13.8. The summed E-state index contributed by atoms with van der Waals surface area (Å²) >= 11 is 7.38. The molecule has 19 heavy (non-hydrogen) atoms. The monoisotopic (exact) mass is 296 g/mol. The maximum atomic E-state index is 11.1. The molecule has 0 unspecified atom stereocenters. The van der Waals surface area contributed by atoms with E-state index in [-0.39, 0.29) is 11.6 Å². The summed E-state index contributed by atoms with van der Waals surface area (Å²) in [5.41, 5.74) is 0.819. The van der Waals surface area contributed by atoms with Crippen molar-refractivity contribution in [2.24, 2.45) is 0 Å². The van der Waals surface area contributed by atoms with Gasteiger partial charge >= 0.3 is 5.97 Å². The van der Waals surface area contributed by atoms with Gasteiger partial charge in [-0.1, -0.05) is 37.6 Å². The van der Waals surface area contributed by atoms with Crippen LogP contribution in [0.3, 0.4) is 0 Å². The Bertz CT molecular complexity index is 610. The lowest BCUT2D eigenvalue weighted by Crippen LogP contribution is -2.02. The summed E-state index contributed by atoms with van der Waals surface area (Å²) in [5, 5.41) is 13.3. The summed E-state index contributed by atoms with van der Waals surface area (Å²) in [7, 11) is 0. The molecule has 1 aromatic carbocycles. The van der Waals surface area contributed by atoms with E-state index in [0.29, 0.717) is 15.8 Å². The van der Waals surface area contributed by atoms with Crippen LogP contribution in [0.4, 0.5) is 10.8 Å². The highest BCUT2D eigenvalue weighted by Gasteiger charge is 2.19. The highest BCUT2D eigenvalue weighted by Crippen LogP contribution is 2.33. The average molecular weight is 297 g/mol. The van der Waals surface area contributed by atoms with Crippen LogP contribution in [0.15, 0.2) is 24.3 Å². The molecule has 0 aliphatic carbocycles. The Hall–Kier alpha value is -1.59. The predicted octanol–water partition coefficient (Wildman–Crippen LogP) is 4.36. The van der Waals surface area contributed by atoms with E-state index in [9.17, 15) is 4.79 Å². The van der Waals surface area contributed by atoms with Crippen molar-refractivity contribution in [2.75, 3.05) is 5.32 Å². The number of carbonyl (C=O) groups is 1. The molecule has 100 valence electrons. The molecule has 2 N–H and O–H groups in total. The number of carboxylic acids is 1. The smallest absolute Gasteiger partial charge is 0.355 e. The van der Waals surface area contributed by atoms with Gasteiger partial charge in [0.2, 0.25) is 0 Å². The molecule has 0 amide bonds. The van der Waals surface area contributed by atoms with Gasteiger partial charge in [0.25, 0.3) is 0 Å². The van der Waals surface area contributed by atoms with E-state index in [0.717, 1.165) is 4.88 Å². The first-order valence-corrected chi connectivity index (χ1v) is 6.94. The molecule has 2 rings (SSSR count). The van der Waals surface area contributed by atoms with Crippen molar-refractivity contribution in [1.29, 1.82) is 0 Å². The van der Waals surface area contributed by atoms with E-state index in [1.807, 2.05) is 32.0 Å². The predicted molar refractivity (Wildman–Crippen MR) is 77.9 cm³/mol. The molecule has 0 saturated carbocycles. The number of aromatic nitrogens is 1. The van der Waals surface area contributed by atoms with Crippen LogP contribution in [-0.2, 0) is 0 Å². The molecular weight excluding hydrogens is 284 g/mol. The zero-order valence-electron chi connectivity index (χ0n) is 10.5. The quantitative estimate of drug-likeness (QED) is 0.880. The minimum atomic E-state index is -1.01. The molecule has 0 fully saturated rings. The largest absolute Gasteiger partial charge is 0.476 e. The van der Waals surface area contributed by atoms with E-state index in [4.69, 9.17) is 16.7 Å². The number of hydrogen-bond acceptors (Lipinski definition) is 4. The van der Waals surface area contributed by atoms with Gasteiger partial charge in [0.1, 0.15) is 0 Å². The molecule has 1 aromatic heterocycles. The van der Waals surface area contributed by atoms with Crippen LogP contribution in [0, 0.1) is 0 Å². The van der Waals surface area contributed by atoms with Crippen LogP contribution in [0.25, 0.3) is 0 Å². The van der Waals surface area contributed by atoms with Gasteiger partial charge in [-0.25, -0.2) is 9.78 Å². The number of para-hydroxylation sites is 1. The van der Waals surface area contributed by atoms with Crippen molar-refractivity contribution in [3.63, 3.8) is 0 Å². The first-order chi connectivity index (χ1) is 8.99. The molecule has 0 saturated heterocycles. The Labute approximate surface area is 120 Å². The molecule has 0 bridgehead atoms. The Morgan fingerprint density at radius 3 is 2.63 bits per heavy atom. The van der Waals surface area contributed by atoms with Gasteiger partial charge in [-0.05, 0) is 18.1 Å². The second-order valence-corrected chi connectivity index (χ2v) is 5.73. The summed E-state index contributed by atoms with van der Waals surface area (Å²) in [4.78, 5) is 16.0. The fourth-order valence-corrected chi connectivity index (χ4v) is 2.76. The molecule has 0 aliphatic rings. The normalized spacial score (nSPS) is 10.7. The second-order valence-electron chi connectivity index (χ2n) is 4.30. The van der Waals surface area contributed by atoms with Crippen LogP contribution in [-0.4, -0.2) is 16.1 Å². The zero-order chi connectivity index (χ0) is 14.0. The molecule has 0 atom stereocenters. The van der Waals surface area contributed by atoms with Gasteiger partial charge < -0.3 is 10.4 Å². The number of carboxylic acid groups (broad SMARTS) is 1. The lowest BCUT2D eigenvalue weighted by molar-refractivity contribution is 0.0690. The van der Waals surface area contributed by atoms with Gasteiger partial charge in [0.15, 0.2) is 10.8 Å². The van der Waals surface area contributed by atoms with Crippen LogP contribution >= 0.6 is 22.9 Å². The Morgan fingerprint density at radius 2 is 2.11 bits per heavy atom. The number of anilines is 2. The number of nitrogens with one attached hydrogen (secondary N) is 1. The molecule has 0 radical (unpaired) electrons. The standard InChI is InChI=1S/C13H13ClN2O2S/c1-7(2)11-10(12(17)18)16-13(19-11)15-9-6-4-3-5-8(9)14/h3-7H,1-2H3,(H,15,16)(H,17,18). The maximum absolute atomic E-state index is 11.1. The van der Waals surface area contributed by atoms with E-state index >= 15 is 0 Å². The van der Waals surface area contributed by atoms with Crippen LogP contribution in [0.1, 0.15) is 35.1 Å². The van der Waals surface area contributed by atoms with Gasteiger partial charge in [-0.2, -0.15) is 0 Å². The lowest BCUT2D eigenvalue weighted by Gasteiger charge is -2.03. The van der Waals surface area contributed by atoms with Crippen molar-refractivity contribution in [1.82, 2.24) is 4.98 Å². The maximum Gasteiger partial charge on any atom is 0.355 e. The van der Waals surface area contributed by atoms with E-state index < -0.39 is 5.97 Å². The summed E-state index contributed by atoms with van der Waals surface area (Å²) in [6.07, 6.45) is 0. The third kappa shape index (κ3) is 3.05. The van der Waals surface area contributed by atoms with Gasteiger partial charge in [-0.15, -0.1) is 11.3 Å². The zero-order valence-corrected chi connectivity index (χ0v) is 12.0. The number of benzene rings is 1. The summed E-state index contributed by atoms with van der Waals surface area (Å²) in [5.74, 6) is -0.891. The van der Waals surface area contributed by atoms with Crippen LogP contribution in [0.5, 0.6) is 0 Å². The number of hydrogen-bond donors (Lipinski definition) is 2. The summed E-state index contributed by atoms with van der Waals surface area (Å²) in [6, 6.07) is 7.26. The Balaban J connectivity index is 2.34. The van der Waals surface area contributed by atoms with Crippen molar-refractivity contribution < 1.29 is 9.90 Å². The molecular formula is C13H13ClN2O2S. The molecule has 4 nitrogen and oxygen atoms in total. The van der Waals surface area contributed by atoms with E-state index in [1.54, 1.807) is 6.07 Å². The SMILES string of the molecule is CC(C)c1sc(Nc2ccccc2Cl)nc1C(=O)O. The number of thiazole rings is 1. The Kier molecular flexibility index (Phi) is 4.07. The summed E-state index contributed by atoms with van der Waals surface area (Å²) < 4.78 is 0. The fraction of sp³-hybridized carbons (Fsp3) is 0.231. The van der Waals surface area contributed by atoms with Crippen LogP contribution in [0.2, 0.25) is 5.02 Å². The van der Waals surface area contributed by atoms with E-state index in [1.165, 1.54) is 11.3 Å². The topological polar surface area (TPSA) is 62.2 Å². The van der Waals surface area contributed by atoms with Crippen molar-refractivity contribution in [3.05, 3.63) is 39.9 Å². The van der Waals surface area contributed by atoms with Gasteiger partial charge in [0.05, 0.1) is 10.7 Å². The highest BCUT2D eigenvalue weighted by molar-refractivity contribution is 7.16. The number of nitrogens with zero attached hydrogens (tertiary/aromatic N) is 1. The number of aromatic carboxylic acids is 1. The van der Waals surface area contributed by atoms with Crippen molar-refractivity contribution in [2.45, 2.75) is 19.8 Å². The minimum absolute atomic E-state index is 0.106. The first-order valence-electron chi connectivity index (χ1n) is 5.74. The number of rotatable bonds is 4. The molecule has 2 aromatic rings. The Morgan fingerprint density at radius 1 is 1.42 bits per heavy atom. The van der Waals surface area contributed by atoms with Crippen LogP contribution < -0.4 is 5.32 Å². The lowest BCUT2D eigenvalue weighted by atomic mass is 10.1. The van der Waals surface area contributed by atoms with Crippen molar-refractivity contribution in [3.8, 4) is 0 Å². The second kappa shape index (κ2) is 5.59. The average Bonchev–Trinajstić information content (AvgIpc) is 2.76. The van der Waals surface area contributed by atoms with Gasteiger partial charge in [-0.3, -0.25) is 0 Å². The molecule has 1 heterocycles. The highest BCUT2D eigenvalue weighted by atomic mass is 35.5.